The van der Waals surface area contributed by atoms with Crippen LogP contribution >= 0.6 is 0 Å². The number of piperidine rings is 1. The molecule has 0 radical (unpaired) electrons. The van der Waals surface area contributed by atoms with E-state index in [1.807, 2.05) is 0 Å². The van der Waals surface area contributed by atoms with Crippen LogP contribution in [-0.4, -0.2) is 55.5 Å². The fraction of sp³-hybridized carbons (Fsp3) is 0.500. The van der Waals surface area contributed by atoms with E-state index in [0.29, 0.717) is 36.4 Å². The van der Waals surface area contributed by atoms with Crippen molar-refractivity contribution >= 4 is 11.9 Å². The highest BCUT2D eigenvalue weighted by molar-refractivity contribution is 5.95. The van der Waals surface area contributed by atoms with Crippen molar-refractivity contribution in [3.8, 4) is 11.5 Å². The van der Waals surface area contributed by atoms with Crippen LogP contribution in [0.3, 0.4) is 0 Å². The van der Waals surface area contributed by atoms with Crippen LogP contribution in [0.25, 0.3) is 0 Å². The van der Waals surface area contributed by atoms with Crippen LogP contribution in [0.15, 0.2) is 18.2 Å². The maximum Gasteiger partial charge on any atom is 0.313 e. The van der Waals surface area contributed by atoms with Crippen LogP contribution < -0.4 is 9.47 Å². The van der Waals surface area contributed by atoms with Gasteiger partial charge in [0.1, 0.15) is 5.41 Å². The van der Waals surface area contributed by atoms with Gasteiger partial charge in [-0.1, -0.05) is 0 Å². The molecule has 7 heteroatoms. The largest absolute Gasteiger partial charge is 0.481 e. The first kappa shape index (κ1) is 15.6. The zero-order valence-corrected chi connectivity index (χ0v) is 12.9. The van der Waals surface area contributed by atoms with Crippen molar-refractivity contribution in [1.29, 1.82) is 0 Å². The number of carboxylic acid groups (broad SMARTS) is 1. The minimum Gasteiger partial charge on any atom is -0.481 e. The van der Waals surface area contributed by atoms with Crippen LogP contribution in [-0.2, 0) is 9.53 Å². The monoisotopic (exact) mass is 321 g/mol. The van der Waals surface area contributed by atoms with E-state index in [-0.39, 0.29) is 25.9 Å². The number of carboxylic acids is 1. The molecular formula is C16H19NO6. The third-order valence-corrected chi connectivity index (χ3v) is 4.36. The quantitative estimate of drug-likeness (QED) is 0.901. The Morgan fingerprint density at radius 1 is 1.35 bits per heavy atom. The lowest BCUT2D eigenvalue weighted by atomic mass is 9.80. The van der Waals surface area contributed by atoms with Gasteiger partial charge in [0.2, 0.25) is 6.79 Å². The van der Waals surface area contributed by atoms with Crippen molar-refractivity contribution in [3.63, 3.8) is 0 Å². The first-order valence-corrected chi connectivity index (χ1v) is 7.47. The van der Waals surface area contributed by atoms with E-state index in [1.165, 1.54) is 7.11 Å². The number of carbonyl (C=O) groups is 2. The van der Waals surface area contributed by atoms with Crippen molar-refractivity contribution in [2.24, 2.45) is 5.41 Å². The molecule has 0 aromatic heterocycles. The van der Waals surface area contributed by atoms with Crippen LogP contribution in [0.5, 0.6) is 11.5 Å². The molecule has 1 amide bonds. The maximum absolute atomic E-state index is 12.7. The Labute approximate surface area is 133 Å². The molecule has 1 unspecified atom stereocenters. The van der Waals surface area contributed by atoms with E-state index in [9.17, 15) is 14.7 Å². The molecule has 2 aliphatic rings. The fourth-order valence-electron chi connectivity index (χ4n) is 3.15. The second kappa shape index (κ2) is 6.08. The van der Waals surface area contributed by atoms with Gasteiger partial charge in [-0.15, -0.1) is 0 Å². The van der Waals surface area contributed by atoms with Crippen LogP contribution in [0.2, 0.25) is 0 Å². The third-order valence-electron chi connectivity index (χ3n) is 4.36. The summed E-state index contributed by atoms with van der Waals surface area (Å²) in [6.07, 6.45) is 1.13. The van der Waals surface area contributed by atoms with Gasteiger partial charge in [-0.25, -0.2) is 0 Å². The van der Waals surface area contributed by atoms with Gasteiger partial charge in [0.05, 0.1) is 6.61 Å². The van der Waals surface area contributed by atoms with E-state index in [0.717, 1.165) is 0 Å². The van der Waals surface area contributed by atoms with E-state index in [1.54, 1.807) is 23.1 Å². The predicted molar refractivity (Wildman–Crippen MR) is 79.6 cm³/mol. The lowest BCUT2D eigenvalue weighted by molar-refractivity contribution is -0.155. The summed E-state index contributed by atoms with van der Waals surface area (Å²) in [5.74, 6) is 0.0148. The van der Waals surface area contributed by atoms with Gasteiger partial charge in [0.25, 0.3) is 5.91 Å². The first-order valence-electron chi connectivity index (χ1n) is 7.47. The summed E-state index contributed by atoms with van der Waals surface area (Å²) < 4.78 is 15.6. The lowest BCUT2D eigenvalue weighted by Gasteiger charge is -2.39. The van der Waals surface area contributed by atoms with Gasteiger partial charge < -0.3 is 24.2 Å². The van der Waals surface area contributed by atoms with Crippen molar-refractivity contribution in [2.75, 3.05) is 33.6 Å². The minimum atomic E-state index is -1.04. The summed E-state index contributed by atoms with van der Waals surface area (Å²) in [5, 5.41) is 9.56. The normalized spacial score (nSPS) is 22.9. The summed E-state index contributed by atoms with van der Waals surface area (Å²) in [6.45, 7) is 0.912. The SMILES string of the molecule is COCC1(C(=O)O)CCCN(C(=O)c2ccc3c(c2)OCO3)C1. The topological polar surface area (TPSA) is 85.3 Å². The maximum atomic E-state index is 12.7. The van der Waals surface area contributed by atoms with Gasteiger partial charge in [-0.2, -0.15) is 0 Å². The average molecular weight is 321 g/mol. The fourth-order valence-corrected chi connectivity index (χ4v) is 3.15. The Balaban J connectivity index is 1.80. The van der Waals surface area contributed by atoms with Crippen LogP contribution in [0.4, 0.5) is 0 Å². The zero-order chi connectivity index (χ0) is 16.4. The van der Waals surface area contributed by atoms with E-state index < -0.39 is 11.4 Å². The molecular weight excluding hydrogens is 302 g/mol. The minimum absolute atomic E-state index is 0.0905. The van der Waals surface area contributed by atoms with Gasteiger partial charge in [0, 0.05) is 25.8 Å². The Hall–Kier alpha value is -2.28. The molecule has 1 saturated heterocycles. The predicted octanol–water partition coefficient (Wildman–Crippen LogP) is 1.37. The second-order valence-corrected chi connectivity index (χ2v) is 5.92. The molecule has 23 heavy (non-hydrogen) atoms. The number of methoxy groups -OCH3 is 1. The van der Waals surface area contributed by atoms with Gasteiger partial charge in [0.15, 0.2) is 11.5 Å². The first-order chi connectivity index (χ1) is 11.1. The Kier molecular flexibility index (Phi) is 4.12. The molecule has 2 heterocycles. The standard InChI is InChI=1S/C16H19NO6/c1-21-9-16(15(19)20)5-2-6-17(8-16)14(18)11-3-4-12-13(7-11)23-10-22-12/h3-4,7H,2,5-6,8-10H2,1H3,(H,19,20). The number of hydrogen-bond donors (Lipinski definition) is 1. The van der Waals surface area contributed by atoms with E-state index in [2.05, 4.69) is 0 Å². The molecule has 1 N–H and O–H groups in total. The number of nitrogens with zero attached hydrogens (tertiary/aromatic N) is 1. The molecule has 7 nitrogen and oxygen atoms in total. The van der Waals surface area contributed by atoms with E-state index in [4.69, 9.17) is 14.2 Å². The van der Waals surface area contributed by atoms with Crippen molar-refractivity contribution < 1.29 is 28.9 Å². The van der Waals surface area contributed by atoms with Gasteiger partial charge in [-0.3, -0.25) is 9.59 Å². The van der Waals surface area contributed by atoms with Crippen molar-refractivity contribution in [3.05, 3.63) is 23.8 Å². The summed E-state index contributed by atoms with van der Waals surface area (Å²) in [6, 6.07) is 5.00. The van der Waals surface area contributed by atoms with Gasteiger partial charge >= 0.3 is 5.97 Å². The molecule has 3 rings (SSSR count). The average Bonchev–Trinajstić information content (AvgIpc) is 3.02. The summed E-state index contributed by atoms with van der Waals surface area (Å²) in [4.78, 5) is 26.0. The number of hydrogen-bond acceptors (Lipinski definition) is 5. The number of aliphatic carboxylic acids is 1. The van der Waals surface area contributed by atoms with Crippen LogP contribution in [0.1, 0.15) is 23.2 Å². The number of carbonyl (C=O) groups excluding carboxylic acids is 1. The molecule has 1 aromatic carbocycles. The molecule has 0 spiro atoms. The highest BCUT2D eigenvalue weighted by Crippen LogP contribution is 2.35. The molecule has 0 saturated carbocycles. The Bertz CT molecular complexity index is 627. The smallest absolute Gasteiger partial charge is 0.313 e. The number of amides is 1. The number of benzene rings is 1. The molecule has 0 aliphatic carbocycles. The molecule has 124 valence electrons. The third kappa shape index (κ3) is 2.84. The number of likely N-dealkylation sites (tertiary alicyclic amines) is 1. The molecule has 2 aliphatic heterocycles. The Morgan fingerprint density at radius 3 is 2.87 bits per heavy atom. The molecule has 0 bridgehead atoms. The second-order valence-electron chi connectivity index (χ2n) is 5.92. The highest BCUT2D eigenvalue weighted by Gasteiger charge is 2.44. The summed E-state index contributed by atoms with van der Waals surface area (Å²) >= 11 is 0. The van der Waals surface area contributed by atoms with Crippen molar-refractivity contribution in [1.82, 2.24) is 4.90 Å². The number of rotatable bonds is 4. The molecule has 1 atom stereocenters. The van der Waals surface area contributed by atoms with Gasteiger partial charge in [-0.05, 0) is 31.0 Å². The number of fused-ring (bicyclic) bond motifs is 1. The number of ether oxygens (including phenoxy) is 3. The lowest BCUT2D eigenvalue weighted by Crippen LogP contribution is -2.52. The highest BCUT2D eigenvalue weighted by atomic mass is 16.7. The van der Waals surface area contributed by atoms with E-state index >= 15 is 0 Å². The molecule has 1 fully saturated rings. The Morgan fingerprint density at radius 2 is 2.13 bits per heavy atom. The van der Waals surface area contributed by atoms with Crippen molar-refractivity contribution in [2.45, 2.75) is 12.8 Å². The zero-order valence-electron chi connectivity index (χ0n) is 12.9. The summed E-state index contributed by atoms with van der Waals surface area (Å²) in [5.41, 5.74) is -0.577. The summed E-state index contributed by atoms with van der Waals surface area (Å²) in [7, 11) is 1.48. The molecule has 1 aromatic rings. The van der Waals surface area contributed by atoms with Crippen LogP contribution in [0, 0.1) is 5.41 Å².